The van der Waals surface area contributed by atoms with Crippen LogP contribution in [0.5, 0.6) is 0 Å². The Morgan fingerprint density at radius 2 is 1.93 bits per heavy atom. The molecule has 0 amide bonds. The first-order valence-electron chi connectivity index (χ1n) is 9.57. The van der Waals surface area contributed by atoms with Crippen LogP contribution in [0.25, 0.3) is 10.2 Å². The number of anilines is 1. The van der Waals surface area contributed by atoms with Crippen LogP contribution < -0.4 is 10.5 Å². The molecule has 0 radical (unpaired) electrons. The Morgan fingerprint density at radius 1 is 1.24 bits per heavy atom. The van der Waals surface area contributed by atoms with Crippen molar-refractivity contribution in [1.82, 2.24) is 9.66 Å². The molecule has 0 aliphatic rings. The van der Waals surface area contributed by atoms with Crippen molar-refractivity contribution in [2.75, 3.05) is 24.6 Å². The third-order valence-corrected chi connectivity index (χ3v) is 5.83. The van der Waals surface area contributed by atoms with E-state index in [1.165, 1.54) is 11.0 Å². The smallest absolute Gasteiger partial charge is 0.348 e. The maximum Gasteiger partial charge on any atom is 0.348 e. The summed E-state index contributed by atoms with van der Waals surface area (Å²) >= 11 is 1.16. The van der Waals surface area contributed by atoms with Crippen LogP contribution in [0.3, 0.4) is 0 Å². The summed E-state index contributed by atoms with van der Waals surface area (Å²) < 4.78 is 6.25. The van der Waals surface area contributed by atoms with Crippen LogP contribution in [0, 0.1) is 6.92 Å². The zero-order valence-electron chi connectivity index (χ0n) is 17.0. The van der Waals surface area contributed by atoms with Crippen LogP contribution in [0.15, 0.2) is 40.5 Å². The highest BCUT2D eigenvalue weighted by atomic mass is 32.1. The van der Waals surface area contributed by atoms with Gasteiger partial charge in [-0.1, -0.05) is 12.1 Å². The molecule has 7 nitrogen and oxygen atoms in total. The molecule has 0 saturated heterocycles. The Balaban J connectivity index is 1.90. The van der Waals surface area contributed by atoms with Gasteiger partial charge in [0.15, 0.2) is 0 Å². The summed E-state index contributed by atoms with van der Waals surface area (Å²) in [7, 11) is 0. The third-order valence-electron chi connectivity index (χ3n) is 4.65. The Morgan fingerprint density at radius 3 is 2.55 bits per heavy atom. The Hall–Kier alpha value is -3.00. The molecule has 0 bridgehead atoms. The van der Waals surface area contributed by atoms with Gasteiger partial charge in [0, 0.05) is 18.8 Å². The number of carbonyl (C=O) groups is 1. The number of esters is 1. The van der Waals surface area contributed by atoms with Crippen molar-refractivity contribution in [2.45, 2.75) is 27.7 Å². The first-order chi connectivity index (χ1) is 14.0. The zero-order valence-corrected chi connectivity index (χ0v) is 17.8. The average molecular weight is 413 g/mol. The lowest BCUT2D eigenvalue weighted by atomic mass is 10.2. The van der Waals surface area contributed by atoms with Gasteiger partial charge in [0.25, 0.3) is 5.56 Å². The summed E-state index contributed by atoms with van der Waals surface area (Å²) in [6.07, 6.45) is 2.99. The van der Waals surface area contributed by atoms with Gasteiger partial charge in [0.2, 0.25) is 0 Å². The monoisotopic (exact) mass is 412 g/mol. The normalized spacial score (nSPS) is 11.3. The molecule has 2 aromatic heterocycles. The molecule has 0 aliphatic heterocycles. The van der Waals surface area contributed by atoms with Crippen LogP contribution in [0.4, 0.5) is 5.69 Å². The van der Waals surface area contributed by atoms with E-state index >= 15 is 0 Å². The number of hydrogen-bond donors (Lipinski definition) is 0. The standard InChI is InChI=1S/C21H24N4O3S/c1-5-24(6-2)16-10-8-15(9-11-16)12-23-25-13-22-19-17(20(25)26)14(4)18(29-19)21(27)28-7-3/h8-13H,5-7H2,1-4H3/b23-12+. The number of carbonyl (C=O) groups excluding carboxylic acids is 1. The third kappa shape index (κ3) is 4.22. The molecule has 2 heterocycles. The van der Waals surface area contributed by atoms with Gasteiger partial charge in [-0.2, -0.15) is 9.78 Å². The van der Waals surface area contributed by atoms with E-state index in [9.17, 15) is 9.59 Å². The molecular formula is C21H24N4O3S. The van der Waals surface area contributed by atoms with Crippen molar-refractivity contribution in [3.63, 3.8) is 0 Å². The van der Waals surface area contributed by atoms with Crippen molar-refractivity contribution in [2.24, 2.45) is 5.10 Å². The number of thiophene rings is 1. The second kappa shape index (κ2) is 9.00. The van der Waals surface area contributed by atoms with Gasteiger partial charge in [-0.05, 0) is 51.0 Å². The second-order valence-electron chi connectivity index (χ2n) is 6.36. The van der Waals surface area contributed by atoms with Gasteiger partial charge in [-0.15, -0.1) is 11.3 Å². The van der Waals surface area contributed by atoms with E-state index < -0.39 is 5.97 Å². The van der Waals surface area contributed by atoms with Gasteiger partial charge < -0.3 is 9.64 Å². The number of benzene rings is 1. The summed E-state index contributed by atoms with van der Waals surface area (Å²) in [5, 5.41) is 4.66. The molecule has 0 fully saturated rings. The van der Waals surface area contributed by atoms with E-state index in [-0.39, 0.29) is 12.2 Å². The van der Waals surface area contributed by atoms with Crippen molar-refractivity contribution < 1.29 is 9.53 Å². The molecule has 0 spiro atoms. The minimum Gasteiger partial charge on any atom is -0.462 e. The van der Waals surface area contributed by atoms with Crippen molar-refractivity contribution in [3.05, 3.63) is 57.0 Å². The number of rotatable bonds is 7. The molecule has 0 aliphatic carbocycles. The summed E-state index contributed by atoms with van der Waals surface area (Å²) in [6.45, 7) is 9.88. The lowest BCUT2D eigenvalue weighted by Crippen LogP contribution is -2.21. The van der Waals surface area contributed by atoms with E-state index in [1.54, 1.807) is 20.1 Å². The minimum atomic E-state index is -0.434. The molecular weight excluding hydrogens is 388 g/mol. The Kier molecular flexibility index (Phi) is 6.43. The van der Waals surface area contributed by atoms with Crippen molar-refractivity contribution >= 4 is 39.4 Å². The largest absolute Gasteiger partial charge is 0.462 e. The van der Waals surface area contributed by atoms with Gasteiger partial charge in [0.05, 0.1) is 18.2 Å². The van der Waals surface area contributed by atoms with Crippen LogP contribution in [-0.2, 0) is 4.74 Å². The topological polar surface area (TPSA) is 76.8 Å². The van der Waals surface area contributed by atoms with Crippen LogP contribution in [0.1, 0.15) is 41.6 Å². The minimum absolute atomic E-state index is 0.279. The van der Waals surface area contributed by atoms with Crippen LogP contribution in [0.2, 0.25) is 0 Å². The summed E-state index contributed by atoms with van der Waals surface area (Å²) in [4.78, 5) is 32.4. The van der Waals surface area contributed by atoms with E-state index in [0.29, 0.717) is 20.7 Å². The number of fused-ring (bicyclic) bond motifs is 1. The summed E-state index contributed by atoms with van der Waals surface area (Å²) in [5.41, 5.74) is 2.29. The Labute approximate surface area is 173 Å². The lowest BCUT2D eigenvalue weighted by molar-refractivity contribution is 0.0531. The molecule has 3 rings (SSSR count). The van der Waals surface area contributed by atoms with Gasteiger partial charge in [-0.25, -0.2) is 9.78 Å². The number of hydrogen-bond acceptors (Lipinski definition) is 7. The first kappa shape index (κ1) is 20.7. The van der Waals surface area contributed by atoms with Gasteiger partial charge in [0.1, 0.15) is 16.0 Å². The van der Waals surface area contributed by atoms with Crippen LogP contribution >= 0.6 is 11.3 Å². The SMILES string of the molecule is CCOC(=O)c1sc2ncn(/N=C/c3ccc(N(CC)CC)cc3)c(=O)c2c1C. The lowest BCUT2D eigenvalue weighted by Gasteiger charge is -2.20. The molecule has 29 heavy (non-hydrogen) atoms. The second-order valence-corrected chi connectivity index (χ2v) is 7.36. The molecule has 152 valence electrons. The average Bonchev–Trinajstić information content (AvgIpc) is 3.07. The maximum atomic E-state index is 12.8. The fraction of sp³-hybridized carbons (Fsp3) is 0.333. The summed E-state index contributed by atoms with van der Waals surface area (Å²) in [6, 6.07) is 7.99. The predicted octanol–water partition coefficient (Wildman–Crippen LogP) is 3.67. The molecule has 3 aromatic rings. The molecule has 0 N–H and O–H groups in total. The van der Waals surface area contributed by atoms with Gasteiger partial charge >= 0.3 is 5.97 Å². The number of nitrogens with zero attached hydrogens (tertiary/aromatic N) is 4. The summed E-state index contributed by atoms with van der Waals surface area (Å²) in [5.74, 6) is -0.434. The zero-order chi connectivity index (χ0) is 21.0. The highest BCUT2D eigenvalue weighted by Gasteiger charge is 2.20. The number of ether oxygens (including phenoxy) is 1. The maximum absolute atomic E-state index is 12.8. The molecule has 8 heteroatoms. The molecule has 0 unspecified atom stereocenters. The molecule has 0 atom stereocenters. The predicted molar refractivity (Wildman–Crippen MR) is 118 cm³/mol. The van der Waals surface area contributed by atoms with E-state index in [4.69, 9.17) is 4.74 Å². The van der Waals surface area contributed by atoms with Gasteiger partial charge in [-0.3, -0.25) is 4.79 Å². The van der Waals surface area contributed by atoms with Crippen molar-refractivity contribution in [1.29, 1.82) is 0 Å². The molecule has 1 aromatic carbocycles. The fourth-order valence-corrected chi connectivity index (χ4v) is 4.11. The van der Waals surface area contributed by atoms with E-state index in [0.717, 1.165) is 35.7 Å². The van der Waals surface area contributed by atoms with Crippen molar-refractivity contribution in [3.8, 4) is 0 Å². The number of aryl methyl sites for hydroxylation is 1. The Bertz CT molecular complexity index is 1100. The van der Waals surface area contributed by atoms with E-state index in [1.807, 2.05) is 24.3 Å². The highest BCUT2D eigenvalue weighted by Crippen LogP contribution is 2.27. The quantitative estimate of drug-likeness (QED) is 0.437. The van der Waals surface area contributed by atoms with Crippen LogP contribution in [-0.4, -0.2) is 41.5 Å². The highest BCUT2D eigenvalue weighted by molar-refractivity contribution is 7.20. The molecule has 0 saturated carbocycles. The first-order valence-corrected chi connectivity index (χ1v) is 10.4. The fourth-order valence-electron chi connectivity index (χ4n) is 3.08. The number of aromatic nitrogens is 2. The van der Waals surface area contributed by atoms with E-state index in [2.05, 4.69) is 28.8 Å².